The summed E-state index contributed by atoms with van der Waals surface area (Å²) < 4.78 is 7.37. The molecule has 0 radical (unpaired) electrons. The molecule has 0 unspecified atom stereocenters. The van der Waals surface area contributed by atoms with Crippen LogP contribution in [0, 0.1) is 24.0 Å². The maximum Gasteiger partial charge on any atom is 0.342 e. The van der Waals surface area contributed by atoms with E-state index in [1.807, 2.05) is 31.2 Å². The number of para-hydroxylation sites is 1. The number of aryl methyl sites for hydroxylation is 1. The van der Waals surface area contributed by atoms with Crippen molar-refractivity contribution in [2.75, 3.05) is 0 Å². The Bertz CT molecular complexity index is 1350. The van der Waals surface area contributed by atoms with E-state index in [2.05, 4.69) is 14.8 Å². The van der Waals surface area contributed by atoms with Gasteiger partial charge in [-0.25, -0.2) is 4.79 Å². The monoisotopic (exact) mass is 450 g/mol. The number of carbonyl (C=O) groups is 1. The molecule has 0 saturated heterocycles. The first kappa shape index (κ1) is 21.3. The fourth-order valence-electron chi connectivity index (χ4n) is 3.43. The Morgan fingerprint density at radius 2 is 1.91 bits per heavy atom. The van der Waals surface area contributed by atoms with Crippen LogP contribution in [0.15, 0.2) is 63.1 Å². The zero-order valence-corrected chi connectivity index (χ0v) is 18.0. The number of carboxylic acids is 1. The van der Waals surface area contributed by atoms with Crippen LogP contribution in [-0.2, 0) is 11.3 Å². The predicted octanol–water partition coefficient (Wildman–Crippen LogP) is 4.82. The van der Waals surface area contributed by atoms with Gasteiger partial charge in [0.1, 0.15) is 4.91 Å². The van der Waals surface area contributed by atoms with Crippen molar-refractivity contribution >= 4 is 40.4 Å². The number of nitro groups is 1. The summed E-state index contributed by atoms with van der Waals surface area (Å²) in [7, 11) is 0. The highest BCUT2D eigenvalue weighted by Crippen LogP contribution is 2.33. The lowest BCUT2D eigenvalue weighted by atomic mass is 10.1. The van der Waals surface area contributed by atoms with E-state index < -0.39 is 10.9 Å². The van der Waals surface area contributed by atoms with Crippen molar-refractivity contribution in [2.45, 2.75) is 25.6 Å². The lowest BCUT2D eigenvalue weighted by Gasteiger charge is -2.09. The van der Waals surface area contributed by atoms with Gasteiger partial charge in [-0.15, -0.1) is 10.2 Å². The summed E-state index contributed by atoms with van der Waals surface area (Å²) in [4.78, 5) is 22.4. The molecule has 0 aliphatic heterocycles. The molecular formula is C22H18N4O5S. The van der Waals surface area contributed by atoms with E-state index >= 15 is 0 Å². The van der Waals surface area contributed by atoms with Gasteiger partial charge in [-0.05, 0) is 36.4 Å². The van der Waals surface area contributed by atoms with Crippen molar-refractivity contribution in [3.8, 4) is 0 Å². The van der Waals surface area contributed by atoms with E-state index in [-0.39, 0.29) is 15.8 Å². The molecule has 0 spiro atoms. The van der Waals surface area contributed by atoms with Gasteiger partial charge in [-0.1, -0.05) is 30.3 Å². The third-order valence-electron chi connectivity index (χ3n) is 4.96. The fourth-order valence-corrected chi connectivity index (χ4v) is 4.13. The molecule has 32 heavy (non-hydrogen) atoms. The molecule has 0 atom stereocenters. The number of hydrogen-bond donors (Lipinski definition) is 1. The number of carboxylic acid groups (broad SMARTS) is 1. The van der Waals surface area contributed by atoms with Crippen LogP contribution >= 0.6 is 11.8 Å². The van der Waals surface area contributed by atoms with Gasteiger partial charge < -0.3 is 14.1 Å². The van der Waals surface area contributed by atoms with E-state index in [0.717, 1.165) is 39.5 Å². The number of thioether (sulfide) groups is 1. The second-order valence-electron chi connectivity index (χ2n) is 7.03. The van der Waals surface area contributed by atoms with Gasteiger partial charge >= 0.3 is 5.97 Å². The number of hydrogen-bond acceptors (Lipinski definition) is 7. The number of fused-ring (bicyclic) bond motifs is 1. The number of nitrogens with zero attached hydrogens (tertiary/aromatic N) is 4. The first-order chi connectivity index (χ1) is 15.3. The average molecular weight is 450 g/mol. The number of nitro benzene ring substituents is 1. The van der Waals surface area contributed by atoms with Gasteiger partial charge in [-0.3, -0.25) is 10.1 Å². The third kappa shape index (κ3) is 4.26. The lowest BCUT2D eigenvalue weighted by molar-refractivity contribution is -0.384. The number of non-ortho nitro benzene ring substituents is 1. The first-order valence-corrected chi connectivity index (χ1v) is 10.4. The van der Waals surface area contributed by atoms with Crippen molar-refractivity contribution in [1.82, 2.24) is 14.8 Å². The normalized spacial score (nSPS) is 11.8. The van der Waals surface area contributed by atoms with Crippen molar-refractivity contribution in [2.24, 2.45) is 0 Å². The minimum atomic E-state index is -1.10. The molecule has 0 bridgehead atoms. The number of aromatic nitrogens is 3. The van der Waals surface area contributed by atoms with Gasteiger partial charge in [0.25, 0.3) is 10.9 Å². The van der Waals surface area contributed by atoms with Crippen LogP contribution in [0.2, 0.25) is 0 Å². The molecule has 0 aliphatic rings. The summed E-state index contributed by atoms with van der Waals surface area (Å²) in [6, 6.07) is 14.1. The Morgan fingerprint density at radius 3 is 2.53 bits per heavy atom. The minimum Gasteiger partial charge on any atom is -0.477 e. The predicted molar refractivity (Wildman–Crippen MR) is 119 cm³/mol. The van der Waals surface area contributed by atoms with Crippen LogP contribution in [0.25, 0.3) is 17.0 Å². The second-order valence-corrected chi connectivity index (χ2v) is 8.02. The maximum absolute atomic E-state index is 11.9. The van der Waals surface area contributed by atoms with Gasteiger partial charge in [0.15, 0.2) is 0 Å². The smallest absolute Gasteiger partial charge is 0.342 e. The molecule has 0 saturated carbocycles. The lowest BCUT2D eigenvalue weighted by Crippen LogP contribution is -2.02. The average Bonchev–Trinajstić information content (AvgIpc) is 3.29. The minimum absolute atomic E-state index is 0.0332. The van der Waals surface area contributed by atoms with E-state index in [0.29, 0.717) is 12.4 Å². The summed E-state index contributed by atoms with van der Waals surface area (Å²) in [5.74, 6) is -0.745. The number of aliphatic carboxylic acids is 1. The van der Waals surface area contributed by atoms with Gasteiger partial charge in [-0.2, -0.15) is 0 Å². The Morgan fingerprint density at radius 1 is 1.19 bits per heavy atom. The Labute approximate surface area is 186 Å². The van der Waals surface area contributed by atoms with E-state index in [4.69, 9.17) is 4.42 Å². The zero-order chi connectivity index (χ0) is 22.8. The summed E-state index contributed by atoms with van der Waals surface area (Å²) in [5.41, 5.74) is 3.49. The van der Waals surface area contributed by atoms with Gasteiger partial charge in [0.05, 0.1) is 4.92 Å². The molecule has 0 fully saturated rings. The SMILES string of the molecule is Cc1nnc(S/C(=C\c2c(C)n(Cc3ccc([N+](=O)[O-])cc3)c3ccccc23)C(=O)O)o1. The molecule has 2 aromatic heterocycles. The Kier molecular flexibility index (Phi) is 5.78. The standard InChI is InChI=1S/C22H18N4O5S/c1-13-18(11-20(21(27)28)32-22-24-23-14(2)31-22)17-5-3-4-6-19(17)25(13)12-15-7-9-16(10-8-15)26(29)30/h3-11H,12H2,1-2H3,(H,27,28)/b20-11-. The fraction of sp³-hybridized carbons (Fsp3) is 0.136. The Hall–Kier alpha value is -3.92. The number of rotatable bonds is 7. The first-order valence-electron chi connectivity index (χ1n) is 9.57. The van der Waals surface area contributed by atoms with Gasteiger partial charge in [0.2, 0.25) is 5.89 Å². The molecule has 0 amide bonds. The van der Waals surface area contributed by atoms with Crippen molar-refractivity contribution < 1.29 is 19.2 Å². The molecule has 2 aromatic carbocycles. The van der Waals surface area contributed by atoms with E-state index in [9.17, 15) is 20.0 Å². The van der Waals surface area contributed by atoms with Crippen LogP contribution < -0.4 is 0 Å². The second kappa shape index (κ2) is 8.67. The molecule has 162 valence electrons. The maximum atomic E-state index is 11.9. The van der Waals surface area contributed by atoms with Crippen LogP contribution in [0.1, 0.15) is 22.7 Å². The zero-order valence-electron chi connectivity index (χ0n) is 17.2. The van der Waals surface area contributed by atoms with Crippen molar-refractivity contribution in [3.05, 3.63) is 86.3 Å². The highest BCUT2D eigenvalue weighted by Gasteiger charge is 2.18. The highest BCUT2D eigenvalue weighted by atomic mass is 32.2. The summed E-state index contributed by atoms with van der Waals surface area (Å²) in [6.45, 7) is 4.03. The van der Waals surface area contributed by atoms with E-state index in [1.165, 1.54) is 12.1 Å². The van der Waals surface area contributed by atoms with Crippen LogP contribution in [-0.4, -0.2) is 30.8 Å². The Balaban J connectivity index is 1.76. The summed E-state index contributed by atoms with van der Waals surface area (Å²) >= 11 is 0.895. The number of benzene rings is 2. The largest absolute Gasteiger partial charge is 0.477 e. The van der Waals surface area contributed by atoms with E-state index in [1.54, 1.807) is 25.1 Å². The van der Waals surface area contributed by atoms with Crippen molar-refractivity contribution in [3.63, 3.8) is 0 Å². The molecule has 10 heteroatoms. The quantitative estimate of drug-likeness (QED) is 0.184. The molecular weight excluding hydrogens is 432 g/mol. The molecule has 9 nitrogen and oxygen atoms in total. The summed E-state index contributed by atoms with van der Waals surface area (Å²) in [5, 5.41) is 29.3. The van der Waals surface area contributed by atoms with Crippen LogP contribution in [0.4, 0.5) is 5.69 Å². The third-order valence-corrected chi connectivity index (χ3v) is 5.81. The van der Waals surface area contributed by atoms with Crippen LogP contribution in [0.3, 0.4) is 0 Å². The molecule has 2 heterocycles. The molecule has 0 aliphatic carbocycles. The summed E-state index contributed by atoms with van der Waals surface area (Å²) in [6.07, 6.45) is 1.61. The molecule has 4 rings (SSSR count). The topological polar surface area (TPSA) is 124 Å². The van der Waals surface area contributed by atoms with Gasteiger partial charge in [0, 0.05) is 47.8 Å². The molecule has 4 aromatic rings. The van der Waals surface area contributed by atoms with Crippen molar-refractivity contribution in [1.29, 1.82) is 0 Å². The van der Waals surface area contributed by atoms with Crippen LogP contribution in [0.5, 0.6) is 0 Å². The highest BCUT2D eigenvalue weighted by molar-refractivity contribution is 8.03. The molecule has 1 N–H and O–H groups in total.